The summed E-state index contributed by atoms with van der Waals surface area (Å²) in [6, 6.07) is 15.8. The summed E-state index contributed by atoms with van der Waals surface area (Å²) in [5.41, 5.74) is 5.22. The second kappa shape index (κ2) is 9.43. The van der Waals surface area contributed by atoms with Crippen LogP contribution in [-0.4, -0.2) is 26.7 Å². The van der Waals surface area contributed by atoms with Gasteiger partial charge >= 0.3 is 0 Å². The minimum atomic E-state index is -0.171. The molecule has 0 bridgehead atoms. The molecule has 1 aromatic heterocycles. The first-order valence-electron chi connectivity index (χ1n) is 10.8. The van der Waals surface area contributed by atoms with Gasteiger partial charge in [0.1, 0.15) is 0 Å². The predicted octanol–water partition coefficient (Wildman–Crippen LogP) is 6.27. The van der Waals surface area contributed by atoms with Crippen LogP contribution in [0, 0.1) is 5.92 Å². The van der Waals surface area contributed by atoms with E-state index in [9.17, 15) is 0 Å². The zero-order valence-corrected chi connectivity index (χ0v) is 20.3. The molecule has 1 aliphatic heterocycles. The van der Waals surface area contributed by atoms with E-state index in [2.05, 4.69) is 67.3 Å². The van der Waals surface area contributed by atoms with Crippen LogP contribution in [0.1, 0.15) is 50.8 Å². The maximum atomic E-state index is 6.03. The largest absolute Gasteiger partial charge is 0.351 e. The van der Waals surface area contributed by atoms with E-state index >= 15 is 0 Å². The van der Waals surface area contributed by atoms with Crippen LogP contribution in [0.25, 0.3) is 17.0 Å². The lowest BCUT2D eigenvalue weighted by Crippen LogP contribution is -2.47. The summed E-state index contributed by atoms with van der Waals surface area (Å²) >= 11 is 11.8. The first kappa shape index (κ1) is 22.5. The Morgan fingerprint density at radius 1 is 1.12 bits per heavy atom. The zero-order chi connectivity index (χ0) is 22.8. The van der Waals surface area contributed by atoms with E-state index in [0.29, 0.717) is 27.8 Å². The molecular formula is C25H27ClN4OS. The summed E-state index contributed by atoms with van der Waals surface area (Å²) in [4.78, 5) is 6.87. The van der Waals surface area contributed by atoms with E-state index in [1.54, 1.807) is 0 Å². The van der Waals surface area contributed by atoms with E-state index in [1.807, 2.05) is 24.3 Å². The van der Waals surface area contributed by atoms with Crippen LogP contribution >= 0.6 is 23.8 Å². The van der Waals surface area contributed by atoms with Gasteiger partial charge in [0, 0.05) is 22.8 Å². The molecule has 0 spiro atoms. The lowest BCUT2D eigenvalue weighted by atomic mass is 9.93. The second-order valence-corrected chi connectivity index (χ2v) is 9.23. The molecule has 0 saturated heterocycles. The molecule has 1 unspecified atom stereocenters. The summed E-state index contributed by atoms with van der Waals surface area (Å²) in [6.07, 6.45) is 0.995. The second-order valence-electron chi connectivity index (χ2n) is 8.41. The summed E-state index contributed by atoms with van der Waals surface area (Å²) in [5, 5.41) is 9.14. The van der Waals surface area contributed by atoms with Gasteiger partial charge in [-0.25, -0.2) is 0 Å². The molecule has 32 heavy (non-hydrogen) atoms. The van der Waals surface area contributed by atoms with Crippen molar-refractivity contribution in [1.82, 2.24) is 20.4 Å². The van der Waals surface area contributed by atoms with Gasteiger partial charge in [0.15, 0.2) is 5.11 Å². The van der Waals surface area contributed by atoms with E-state index in [4.69, 9.17) is 33.3 Å². The molecule has 7 heteroatoms. The van der Waals surface area contributed by atoms with Crippen LogP contribution in [0.3, 0.4) is 0 Å². The number of hydrogen-bond donors (Lipinski definition) is 1. The maximum absolute atomic E-state index is 6.03. The highest BCUT2D eigenvalue weighted by molar-refractivity contribution is 7.80. The van der Waals surface area contributed by atoms with Gasteiger partial charge in [-0.3, -0.25) is 0 Å². The normalized spacial score (nSPS) is 16.6. The Morgan fingerprint density at radius 2 is 1.81 bits per heavy atom. The smallest absolute Gasteiger partial charge is 0.258 e. The standard InChI is InChI=1S/C25H27ClN4OS/c1-5-17-6-8-18(9-7-17)22-21(16(4)30(14-15(2)3)25(32)27-22)24-28-23(29-31-24)19-10-12-20(26)13-11-19/h6-13,15,22H,5,14H2,1-4H3,(H,27,32). The zero-order valence-electron chi connectivity index (χ0n) is 18.7. The minimum absolute atomic E-state index is 0.171. The Labute approximate surface area is 199 Å². The Balaban J connectivity index is 1.79. The van der Waals surface area contributed by atoms with E-state index in [-0.39, 0.29) is 6.04 Å². The Morgan fingerprint density at radius 3 is 2.44 bits per heavy atom. The van der Waals surface area contributed by atoms with Gasteiger partial charge in [-0.2, -0.15) is 4.98 Å². The number of nitrogens with one attached hydrogen (secondary N) is 1. The van der Waals surface area contributed by atoms with E-state index in [1.165, 1.54) is 5.56 Å². The van der Waals surface area contributed by atoms with E-state index in [0.717, 1.165) is 35.4 Å². The molecule has 5 nitrogen and oxygen atoms in total. The lowest BCUT2D eigenvalue weighted by molar-refractivity contribution is 0.386. The number of aryl methyl sites for hydroxylation is 1. The van der Waals surface area contributed by atoms with Gasteiger partial charge in [-0.05, 0) is 66.9 Å². The highest BCUT2D eigenvalue weighted by atomic mass is 35.5. The van der Waals surface area contributed by atoms with Gasteiger partial charge in [0.25, 0.3) is 5.89 Å². The van der Waals surface area contributed by atoms with Crippen molar-refractivity contribution in [3.63, 3.8) is 0 Å². The summed E-state index contributed by atoms with van der Waals surface area (Å²) in [5.74, 6) is 1.46. The summed E-state index contributed by atoms with van der Waals surface area (Å²) in [6.45, 7) is 9.39. The molecule has 4 rings (SSSR count). The third-order valence-electron chi connectivity index (χ3n) is 5.62. The van der Waals surface area contributed by atoms with Crippen molar-refractivity contribution < 1.29 is 4.52 Å². The van der Waals surface area contributed by atoms with Crippen LogP contribution in [-0.2, 0) is 6.42 Å². The summed E-state index contributed by atoms with van der Waals surface area (Å²) in [7, 11) is 0. The molecule has 1 atom stereocenters. The molecule has 0 fully saturated rings. The molecule has 1 N–H and O–H groups in total. The first-order valence-corrected chi connectivity index (χ1v) is 11.6. The number of halogens is 1. The number of allylic oxidation sites excluding steroid dienone is 1. The van der Waals surface area contributed by atoms with Crippen molar-refractivity contribution in [3.8, 4) is 11.4 Å². The molecular weight excluding hydrogens is 440 g/mol. The Hall–Kier alpha value is -2.70. The van der Waals surface area contributed by atoms with Crippen molar-refractivity contribution in [3.05, 3.63) is 76.3 Å². The Kier molecular flexibility index (Phi) is 6.63. The number of aromatic nitrogens is 2. The summed E-state index contributed by atoms with van der Waals surface area (Å²) < 4.78 is 5.78. The molecule has 3 aromatic rings. The highest BCUT2D eigenvalue weighted by Gasteiger charge is 2.34. The average molecular weight is 467 g/mol. The van der Waals surface area contributed by atoms with Gasteiger partial charge < -0.3 is 14.7 Å². The van der Waals surface area contributed by atoms with Crippen LogP contribution in [0.5, 0.6) is 0 Å². The highest BCUT2D eigenvalue weighted by Crippen LogP contribution is 2.37. The maximum Gasteiger partial charge on any atom is 0.258 e. The SMILES string of the molecule is CCc1ccc(C2NC(=S)N(CC(C)C)C(C)=C2c2nc(-c3ccc(Cl)cc3)no2)cc1. The molecule has 0 radical (unpaired) electrons. The first-order chi connectivity index (χ1) is 15.4. The van der Waals surface area contributed by atoms with Crippen molar-refractivity contribution in [2.24, 2.45) is 5.92 Å². The molecule has 166 valence electrons. The Bertz CT molecular complexity index is 1140. The van der Waals surface area contributed by atoms with E-state index < -0.39 is 0 Å². The van der Waals surface area contributed by atoms with Crippen molar-refractivity contribution >= 4 is 34.5 Å². The average Bonchev–Trinajstić information content (AvgIpc) is 3.26. The van der Waals surface area contributed by atoms with Crippen LogP contribution in [0.15, 0.2) is 58.8 Å². The van der Waals surface area contributed by atoms with Crippen molar-refractivity contribution in [1.29, 1.82) is 0 Å². The molecule has 1 aliphatic rings. The third-order valence-corrected chi connectivity index (χ3v) is 6.21. The van der Waals surface area contributed by atoms with Crippen LogP contribution < -0.4 is 5.32 Å². The topological polar surface area (TPSA) is 54.2 Å². The number of benzene rings is 2. The molecule has 2 heterocycles. The monoisotopic (exact) mass is 466 g/mol. The molecule has 0 aliphatic carbocycles. The number of rotatable bonds is 6. The fourth-order valence-corrected chi connectivity index (χ4v) is 4.34. The minimum Gasteiger partial charge on any atom is -0.351 e. The fourth-order valence-electron chi connectivity index (χ4n) is 3.89. The van der Waals surface area contributed by atoms with Gasteiger partial charge in [0.05, 0.1) is 11.6 Å². The van der Waals surface area contributed by atoms with Crippen LogP contribution in [0.2, 0.25) is 5.02 Å². The van der Waals surface area contributed by atoms with Crippen LogP contribution in [0.4, 0.5) is 0 Å². The quantitative estimate of drug-likeness (QED) is 0.432. The van der Waals surface area contributed by atoms with Gasteiger partial charge in [-0.1, -0.05) is 61.8 Å². The van der Waals surface area contributed by atoms with Gasteiger partial charge in [0.2, 0.25) is 5.82 Å². The van der Waals surface area contributed by atoms with Crippen molar-refractivity contribution in [2.45, 2.75) is 40.2 Å². The van der Waals surface area contributed by atoms with Gasteiger partial charge in [-0.15, -0.1) is 0 Å². The third kappa shape index (κ3) is 4.57. The fraction of sp³-hybridized carbons (Fsp3) is 0.320. The number of nitrogens with zero attached hydrogens (tertiary/aromatic N) is 3. The molecule has 0 amide bonds. The predicted molar refractivity (Wildman–Crippen MR) is 133 cm³/mol. The molecule has 2 aromatic carbocycles. The molecule has 0 saturated carbocycles. The number of hydrogen-bond acceptors (Lipinski definition) is 4. The number of thiocarbonyl (C=S) groups is 1. The lowest BCUT2D eigenvalue weighted by Gasteiger charge is -2.38. The van der Waals surface area contributed by atoms with Crippen molar-refractivity contribution in [2.75, 3.05) is 6.54 Å².